The molecule has 0 aliphatic carbocycles. The molecule has 15 heavy (non-hydrogen) atoms. The lowest BCUT2D eigenvalue weighted by Crippen LogP contribution is -2.41. The summed E-state index contributed by atoms with van der Waals surface area (Å²) in [6, 6.07) is 2.88. The maximum atomic E-state index is 11.5. The molecule has 0 fully saturated rings. The molecule has 4 heteroatoms. The van der Waals surface area contributed by atoms with Crippen LogP contribution in [0.2, 0.25) is 0 Å². The van der Waals surface area contributed by atoms with Gasteiger partial charge in [-0.15, -0.1) is 6.58 Å². The number of nitrogens with two attached hydrogens (primary N) is 1. The number of hydrogen-bond acceptors (Lipinski definition) is 3. The molecular formula is C11H16N2O2. The van der Waals surface area contributed by atoms with Gasteiger partial charge in [0, 0.05) is 0 Å². The van der Waals surface area contributed by atoms with Gasteiger partial charge in [0.25, 0.3) is 0 Å². The van der Waals surface area contributed by atoms with Gasteiger partial charge in [0.1, 0.15) is 5.76 Å². The molecule has 0 spiro atoms. The summed E-state index contributed by atoms with van der Waals surface area (Å²) in [6.45, 7) is 5.38. The third-order valence-corrected chi connectivity index (χ3v) is 2.09. The summed E-state index contributed by atoms with van der Waals surface area (Å²) in [5.74, 6) is 0.521. The van der Waals surface area contributed by atoms with E-state index in [4.69, 9.17) is 10.2 Å². The quantitative estimate of drug-likeness (QED) is 0.718. The zero-order chi connectivity index (χ0) is 11.3. The Morgan fingerprint density at radius 1 is 1.80 bits per heavy atom. The molecule has 3 N–H and O–H groups in total. The first-order chi connectivity index (χ1) is 7.15. The first-order valence-corrected chi connectivity index (χ1v) is 4.85. The zero-order valence-electron chi connectivity index (χ0n) is 8.77. The van der Waals surface area contributed by atoms with E-state index in [0.29, 0.717) is 12.2 Å². The lowest BCUT2D eigenvalue weighted by atomic mass is 10.2. The fourth-order valence-corrected chi connectivity index (χ4v) is 1.22. The molecule has 0 saturated carbocycles. The second-order valence-corrected chi connectivity index (χ2v) is 3.38. The van der Waals surface area contributed by atoms with Crippen LogP contribution in [0, 0.1) is 0 Å². The van der Waals surface area contributed by atoms with Crippen molar-refractivity contribution in [3.05, 3.63) is 36.8 Å². The Labute approximate surface area is 89.1 Å². The molecular weight excluding hydrogens is 192 g/mol. The molecule has 1 heterocycles. The van der Waals surface area contributed by atoms with Crippen molar-refractivity contribution in [2.75, 3.05) is 0 Å². The van der Waals surface area contributed by atoms with E-state index in [1.54, 1.807) is 18.4 Å². The van der Waals surface area contributed by atoms with Crippen LogP contribution in [0.4, 0.5) is 0 Å². The molecule has 1 unspecified atom stereocenters. The highest BCUT2D eigenvalue weighted by Crippen LogP contribution is 2.12. The van der Waals surface area contributed by atoms with Gasteiger partial charge in [-0.25, -0.2) is 0 Å². The van der Waals surface area contributed by atoms with E-state index in [0.717, 1.165) is 0 Å². The van der Waals surface area contributed by atoms with Crippen molar-refractivity contribution in [3.63, 3.8) is 0 Å². The van der Waals surface area contributed by atoms with E-state index in [1.165, 1.54) is 0 Å². The summed E-state index contributed by atoms with van der Waals surface area (Å²) < 4.78 is 5.16. The van der Waals surface area contributed by atoms with Gasteiger partial charge < -0.3 is 15.5 Å². The van der Waals surface area contributed by atoms with E-state index in [2.05, 4.69) is 11.9 Å². The van der Waals surface area contributed by atoms with Gasteiger partial charge in [-0.1, -0.05) is 6.08 Å². The average molecular weight is 208 g/mol. The van der Waals surface area contributed by atoms with E-state index < -0.39 is 6.04 Å². The van der Waals surface area contributed by atoms with E-state index in [9.17, 15) is 4.79 Å². The number of hydrogen-bond donors (Lipinski definition) is 2. The Morgan fingerprint density at radius 3 is 3.07 bits per heavy atom. The minimum atomic E-state index is -0.542. The van der Waals surface area contributed by atoms with Crippen LogP contribution in [0.15, 0.2) is 35.5 Å². The molecule has 1 rings (SSSR count). The Hall–Kier alpha value is -1.55. The second-order valence-electron chi connectivity index (χ2n) is 3.38. The molecule has 0 saturated heterocycles. The van der Waals surface area contributed by atoms with Crippen molar-refractivity contribution in [2.45, 2.75) is 25.4 Å². The number of nitrogens with one attached hydrogen (secondary N) is 1. The minimum absolute atomic E-state index is 0.164. The van der Waals surface area contributed by atoms with Gasteiger partial charge in [-0.2, -0.15) is 0 Å². The van der Waals surface area contributed by atoms with Gasteiger partial charge in [0.2, 0.25) is 5.91 Å². The van der Waals surface area contributed by atoms with Gasteiger partial charge in [0.15, 0.2) is 0 Å². The summed E-state index contributed by atoms with van der Waals surface area (Å²) in [5, 5.41) is 2.76. The van der Waals surface area contributed by atoms with Crippen LogP contribution in [-0.2, 0) is 4.79 Å². The van der Waals surface area contributed by atoms with Crippen LogP contribution in [0.5, 0.6) is 0 Å². The Balaban J connectivity index is 2.48. The van der Waals surface area contributed by atoms with Crippen LogP contribution in [0.1, 0.15) is 25.1 Å². The molecule has 1 amide bonds. The third-order valence-electron chi connectivity index (χ3n) is 2.09. The van der Waals surface area contributed by atoms with Crippen molar-refractivity contribution in [1.82, 2.24) is 5.32 Å². The maximum absolute atomic E-state index is 11.5. The Morgan fingerprint density at radius 2 is 2.53 bits per heavy atom. The van der Waals surface area contributed by atoms with E-state index >= 15 is 0 Å². The van der Waals surface area contributed by atoms with Crippen LogP contribution in [-0.4, -0.2) is 11.9 Å². The first kappa shape index (κ1) is 11.5. The third kappa shape index (κ3) is 3.25. The molecule has 4 nitrogen and oxygen atoms in total. The van der Waals surface area contributed by atoms with E-state index in [-0.39, 0.29) is 11.9 Å². The maximum Gasteiger partial charge on any atom is 0.237 e. The number of carbonyl (C=O) groups is 1. The zero-order valence-corrected chi connectivity index (χ0v) is 8.77. The fourth-order valence-electron chi connectivity index (χ4n) is 1.22. The minimum Gasteiger partial charge on any atom is -0.467 e. The standard InChI is InChI=1S/C11H16N2O2/c1-3-5-9(12)11(14)13-8(2)10-6-4-7-15-10/h3-4,6-9H,1,5,12H2,2H3,(H,13,14)/t8-,9?/m1/s1. The highest BCUT2D eigenvalue weighted by Gasteiger charge is 2.16. The lowest BCUT2D eigenvalue weighted by molar-refractivity contribution is -0.123. The average Bonchev–Trinajstić information content (AvgIpc) is 2.70. The molecule has 2 atom stereocenters. The van der Waals surface area contributed by atoms with E-state index in [1.807, 2.05) is 13.0 Å². The Kier molecular flexibility index (Phi) is 4.12. The summed E-state index contributed by atoms with van der Waals surface area (Å²) in [4.78, 5) is 11.5. The van der Waals surface area contributed by atoms with Crippen molar-refractivity contribution >= 4 is 5.91 Å². The molecule has 0 aliphatic rings. The van der Waals surface area contributed by atoms with Crippen LogP contribution in [0.25, 0.3) is 0 Å². The highest BCUT2D eigenvalue weighted by molar-refractivity contribution is 5.81. The van der Waals surface area contributed by atoms with Gasteiger partial charge in [0.05, 0.1) is 18.3 Å². The second kappa shape index (κ2) is 5.36. The van der Waals surface area contributed by atoms with Crippen LogP contribution >= 0.6 is 0 Å². The number of furan rings is 1. The summed E-state index contributed by atoms with van der Waals surface area (Å²) in [6.07, 6.45) is 3.67. The normalized spacial score (nSPS) is 14.3. The topological polar surface area (TPSA) is 68.3 Å². The number of amides is 1. The molecule has 0 bridgehead atoms. The molecule has 0 radical (unpaired) electrons. The summed E-state index contributed by atoms with van der Waals surface area (Å²) >= 11 is 0. The summed E-state index contributed by atoms with van der Waals surface area (Å²) in [5.41, 5.74) is 5.62. The smallest absolute Gasteiger partial charge is 0.237 e. The first-order valence-electron chi connectivity index (χ1n) is 4.85. The van der Waals surface area contributed by atoms with Crippen molar-refractivity contribution in [1.29, 1.82) is 0 Å². The van der Waals surface area contributed by atoms with Crippen molar-refractivity contribution in [2.24, 2.45) is 5.73 Å². The van der Waals surface area contributed by atoms with Crippen molar-refractivity contribution < 1.29 is 9.21 Å². The van der Waals surface area contributed by atoms with Gasteiger partial charge in [-0.3, -0.25) is 4.79 Å². The predicted molar refractivity (Wildman–Crippen MR) is 58.1 cm³/mol. The van der Waals surface area contributed by atoms with Gasteiger partial charge in [-0.05, 0) is 25.5 Å². The molecule has 1 aromatic heterocycles. The summed E-state index contributed by atoms with van der Waals surface area (Å²) in [7, 11) is 0. The molecule has 0 aromatic carbocycles. The number of carbonyl (C=O) groups excluding carboxylic acids is 1. The lowest BCUT2D eigenvalue weighted by Gasteiger charge is -2.14. The molecule has 1 aromatic rings. The largest absolute Gasteiger partial charge is 0.467 e. The SMILES string of the molecule is C=CCC(N)C(=O)N[C@H](C)c1ccco1. The van der Waals surface area contributed by atoms with Crippen LogP contribution in [0.3, 0.4) is 0 Å². The highest BCUT2D eigenvalue weighted by atomic mass is 16.3. The van der Waals surface area contributed by atoms with Crippen molar-refractivity contribution in [3.8, 4) is 0 Å². The predicted octanol–water partition coefficient (Wildman–Crippen LogP) is 1.36. The Bertz CT molecular complexity index is 319. The monoisotopic (exact) mass is 208 g/mol. The molecule has 82 valence electrons. The van der Waals surface area contributed by atoms with Gasteiger partial charge >= 0.3 is 0 Å². The number of rotatable bonds is 5. The fraction of sp³-hybridized carbons (Fsp3) is 0.364. The van der Waals surface area contributed by atoms with Crippen LogP contribution < -0.4 is 11.1 Å². The molecule has 0 aliphatic heterocycles.